The van der Waals surface area contributed by atoms with Gasteiger partial charge in [-0.05, 0) is 23.8 Å². The molecule has 4 heteroatoms. The summed E-state index contributed by atoms with van der Waals surface area (Å²) in [4.78, 5) is 10.7. The van der Waals surface area contributed by atoms with Crippen molar-refractivity contribution >= 4 is 5.91 Å². The van der Waals surface area contributed by atoms with Crippen LogP contribution < -0.4 is 10.5 Å². The van der Waals surface area contributed by atoms with E-state index in [4.69, 9.17) is 15.7 Å². The maximum Gasteiger partial charge on any atom is 0.229 e. The predicted octanol–water partition coefficient (Wildman–Crippen LogP) is 2.36. The van der Waals surface area contributed by atoms with E-state index in [1.54, 1.807) is 18.2 Å². The zero-order valence-electron chi connectivity index (χ0n) is 11.9. The molecule has 0 spiro atoms. The van der Waals surface area contributed by atoms with Crippen LogP contribution in [0.25, 0.3) is 0 Å². The van der Waals surface area contributed by atoms with Gasteiger partial charge in [0.25, 0.3) is 0 Å². The summed E-state index contributed by atoms with van der Waals surface area (Å²) in [5.74, 6) is 5.50. The lowest BCUT2D eigenvalue weighted by molar-refractivity contribution is -0.117. The lowest BCUT2D eigenvalue weighted by Crippen LogP contribution is -2.08. The Labute approximate surface area is 129 Å². The molecule has 0 fully saturated rings. The molecule has 0 aliphatic rings. The van der Waals surface area contributed by atoms with Gasteiger partial charge >= 0.3 is 0 Å². The number of nitriles is 1. The molecule has 2 aromatic rings. The van der Waals surface area contributed by atoms with Crippen molar-refractivity contribution in [3.05, 3.63) is 65.2 Å². The normalized spacial score (nSPS) is 9.23. The summed E-state index contributed by atoms with van der Waals surface area (Å²) in [5, 5.41) is 9.13. The first-order valence-electron chi connectivity index (χ1n) is 6.67. The zero-order valence-corrected chi connectivity index (χ0v) is 11.9. The van der Waals surface area contributed by atoms with E-state index in [9.17, 15) is 4.79 Å². The van der Waals surface area contributed by atoms with Crippen LogP contribution in [0, 0.1) is 23.2 Å². The van der Waals surface area contributed by atoms with Crippen LogP contribution in [0.5, 0.6) is 5.75 Å². The van der Waals surface area contributed by atoms with Crippen molar-refractivity contribution in [3.8, 4) is 23.7 Å². The largest absolute Gasteiger partial charge is 0.487 e. The van der Waals surface area contributed by atoms with Gasteiger partial charge in [0.15, 0.2) is 0 Å². The molecule has 0 saturated carbocycles. The molecule has 0 unspecified atom stereocenters. The first-order valence-corrected chi connectivity index (χ1v) is 6.67. The number of carbonyl (C=O) groups is 1. The quantitative estimate of drug-likeness (QED) is 0.878. The number of benzene rings is 2. The average molecular weight is 290 g/mol. The van der Waals surface area contributed by atoms with E-state index in [1.807, 2.05) is 30.3 Å². The third-order valence-electron chi connectivity index (χ3n) is 2.83. The number of hydrogen-bond donors (Lipinski definition) is 1. The zero-order chi connectivity index (χ0) is 15.8. The molecule has 22 heavy (non-hydrogen) atoms. The smallest absolute Gasteiger partial charge is 0.229 e. The van der Waals surface area contributed by atoms with Gasteiger partial charge in [0.05, 0.1) is 12.0 Å². The van der Waals surface area contributed by atoms with Crippen LogP contribution in [0.15, 0.2) is 48.5 Å². The van der Waals surface area contributed by atoms with Crippen LogP contribution in [0.1, 0.15) is 23.1 Å². The van der Waals surface area contributed by atoms with Gasteiger partial charge in [0, 0.05) is 5.56 Å². The Kier molecular flexibility index (Phi) is 5.18. The van der Waals surface area contributed by atoms with Crippen molar-refractivity contribution < 1.29 is 9.53 Å². The molecule has 0 heterocycles. The molecule has 0 radical (unpaired) electrons. The van der Waals surface area contributed by atoms with Gasteiger partial charge in [-0.3, -0.25) is 4.79 Å². The van der Waals surface area contributed by atoms with Gasteiger partial charge in [0.1, 0.15) is 18.4 Å². The number of carbonyl (C=O) groups excluding carboxylic acids is 1. The molecule has 0 aromatic heterocycles. The van der Waals surface area contributed by atoms with Crippen molar-refractivity contribution in [1.29, 1.82) is 5.26 Å². The van der Waals surface area contributed by atoms with Crippen LogP contribution in [-0.4, -0.2) is 5.91 Å². The number of rotatable bonds is 4. The molecule has 2 aromatic carbocycles. The summed E-state index contributed by atoms with van der Waals surface area (Å²) in [6, 6.07) is 16.8. The van der Waals surface area contributed by atoms with Crippen LogP contribution in [-0.2, 0) is 11.4 Å². The molecular formula is C18H14N2O2. The van der Waals surface area contributed by atoms with Gasteiger partial charge in [0.2, 0.25) is 5.91 Å². The standard InChI is InChI=1S/C18H14N2O2/c19-12-16-10-9-14(7-4-8-18(20)21)11-17(16)22-13-15-5-2-1-3-6-15/h1-3,5-6,9-11H,8,13H2,(H2,20,21). The molecular weight excluding hydrogens is 276 g/mol. The van der Waals surface area contributed by atoms with E-state index >= 15 is 0 Å². The molecule has 1 amide bonds. The first kappa shape index (κ1) is 15.2. The van der Waals surface area contributed by atoms with E-state index in [2.05, 4.69) is 17.9 Å². The highest BCUT2D eigenvalue weighted by molar-refractivity contribution is 5.76. The Morgan fingerprint density at radius 2 is 1.95 bits per heavy atom. The van der Waals surface area contributed by atoms with Crippen molar-refractivity contribution in [3.63, 3.8) is 0 Å². The summed E-state index contributed by atoms with van der Waals surface area (Å²) in [6.45, 7) is 0.369. The van der Waals surface area contributed by atoms with Gasteiger partial charge in [-0.25, -0.2) is 0 Å². The van der Waals surface area contributed by atoms with Crippen molar-refractivity contribution in [2.24, 2.45) is 5.73 Å². The third-order valence-corrected chi connectivity index (χ3v) is 2.83. The maximum absolute atomic E-state index is 10.7. The highest BCUT2D eigenvalue weighted by Gasteiger charge is 2.04. The van der Waals surface area contributed by atoms with E-state index in [0.717, 1.165) is 5.56 Å². The molecule has 2 rings (SSSR count). The fraction of sp³-hybridized carbons (Fsp3) is 0.111. The molecule has 0 aliphatic carbocycles. The van der Waals surface area contributed by atoms with Crippen LogP contribution >= 0.6 is 0 Å². The fourth-order valence-corrected chi connectivity index (χ4v) is 1.78. The predicted molar refractivity (Wildman–Crippen MR) is 82.6 cm³/mol. The number of amides is 1. The Bertz CT molecular complexity index is 765. The monoisotopic (exact) mass is 290 g/mol. The summed E-state index contributed by atoms with van der Waals surface area (Å²) in [6.07, 6.45) is 0.000206. The Morgan fingerprint density at radius 3 is 2.64 bits per heavy atom. The number of hydrogen-bond acceptors (Lipinski definition) is 3. The second-order valence-electron chi connectivity index (χ2n) is 4.54. The van der Waals surface area contributed by atoms with Gasteiger partial charge < -0.3 is 10.5 Å². The fourth-order valence-electron chi connectivity index (χ4n) is 1.78. The second kappa shape index (κ2) is 7.52. The van der Waals surface area contributed by atoms with E-state index in [0.29, 0.717) is 23.5 Å². The van der Waals surface area contributed by atoms with E-state index in [1.165, 1.54) is 0 Å². The summed E-state index contributed by atoms with van der Waals surface area (Å²) in [5.41, 5.74) is 7.16. The first-order chi connectivity index (χ1) is 10.7. The molecule has 0 saturated heterocycles. The lowest BCUT2D eigenvalue weighted by atomic mass is 10.1. The summed E-state index contributed by atoms with van der Waals surface area (Å²) in [7, 11) is 0. The Hall–Kier alpha value is -3.24. The lowest BCUT2D eigenvalue weighted by Gasteiger charge is -2.08. The second-order valence-corrected chi connectivity index (χ2v) is 4.54. The average Bonchev–Trinajstić information content (AvgIpc) is 2.54. The number of nitrogens with zero attached hydrogens (tertiary/aromatic N) is 1. The molecule has 2 N–H and O–H groups in total. The highest BCUT2D eigenvalue weighted by atomic mass is 16.5. The minimum atomic E-state index is -0.471. The maximum atomic E-state index is 10.7. The number of primary amides is 1. The number of nitrogens with two attached hydrogens (primary N) is 1. The third kappa shape index (κ3) is 4.40. The minimum absolute atomic E-state index is 0.000206. The van der Waals surface area contributed by atoms with Crippen LogP contribution in [0.4, 0.5) is 0 Å². The Morgan fingerprint density at radius 1 is 1.18 bits per heavy atom. The van der Waals surface area contributed by atoms with Gasteiger partial charge in [-0.15, -0.1) is 0 Å². The molecule has 4 nitrogen and oxygen atoms in total. The van der Waals surface area contributed by atoms with Crippen molar-refractivity contribution in [1.82, 2.24) is 0 Å². The molecule has 0 aliphatic heterocycles. The topological polar surface area (TPSA) is 76.1 Å². The van der Waals surface area contributed by atoms with Gasteiger partial charge in [-0.1, -0.05) is 42.2 Å². The van der Waals surface area contributed by atoms with E-state index < -0.39 is 5.91 Å². The van der Waals surface area contributed by atoms with Gasteiger partial charge in [-0.2, -0.15) is 5.26 Å². The molecule has 108 valence electrons. The Balaban J connectivity index is 2.15. The molecule has 0 atom stereocenters. The minimum Gasteiger partial charge on any atom is -0.487 e. The van der Waals surface area contributed by atoms with Crippen molar-refractivity contribution in [2.45, 2.75) is 13.0 Å². The van der Waals surface area contributed by atoms with Crippen LogP contribution in [0.3, 0.4) is 0 Å². The summed E-state index contributed by atoms with van der Waals surface area (Å²) < 4.78 is 5.70. The van der Waals surface area contributed by atoms with Crippen molar-refractivity contribution in [2.75, 3.05) is 0 Å². The van der Waals surface area contributed by atoms with E-state index in [-0.39, 0.29) is 6.42 Å². The number of ether oxygens (including phenoxy) is 1. The molecule has 0 bridgehead atoms. The summed E-state index contributed by atoms with van der Waals surface area (Å²) >= 11 is 0. The van der Waals surface area contributed by atoms with Crippen LogP contribution in [0.2, 0.25) is 0 Å². The SMILES string of the molecule is N#Cc1ccc(C#CCC(N)=O)cc1OCc1ccccc1. The highest BCUT2D eigenvalue weighted by Crippen LogP contribution is 2.20.